The van der Waals surface area contributed by atoms with Crippen LogP contribution in [0.5, 0.6) is 5.75 Å². The van der Waals surface area contributed by atoms with Gasteiger partial charge in [-0.05, 0) is 42.3 Å². The Morgan fingerprint density at radius 2 is 1.58 bits per heavy atom. The summed E-state index contributed by atoms with van der Waals surface area (Å²) in [6.07, 6.45) is 0. The van der Waals surface area contributed by atoms with Crippen LogP contribution in [-0.4, -0.2) is 31.3 Å². The van der Waals surface area contributed by atoms with E-state index in [9.17, 15) is 0 Å². The molecule has 1 aromatic heterocycles. The number of aromatic nitrogens is 1. The molecule has 0 atom stereocenters. The van der Waals surface area contributed by atoms with Gasteiger partial charge in [-0.2, -0.15) is 0 Å². The highest BCUT2D eigenvalue weighted by molar-refractivity contribution is 5.45. The minimum absolute atomic E-state index is 0.0534. The molecular weight excluding hydrogens is 384 g/mol. The first-order chi connectivity index (χ1) is 14.9. The summed E-state index contributed by atoms with van der Waals surface area (Å²) < 4.78 is 11.4. The SMILES string of the molecule is Cc1ccc(C(C)(C)c2ccc(OCc3cccc(N4CC5(COC5)C4)n3)cc2)cc1. The first-order valence-electron chi connectivity index (χ1n) is 11.0. The maximum atomic E-state index is 6.04. The van der Waals surface area contributed by atoms with Gasteiger partial charge in [0.25, 0.3) is 0 Å². The third-order valence-electron chi connectivity index (χ3n) is 6.72. The van der Waals surface area contributed by atoms with E-state index in [0.29, 0.717) is 12.0 Å². The van der Waals surface area contributed by atoms with Crippen molar-refractivity contribution in [3.8, 4) is 5.75 Å². The predicted molar refractivity (Wildman–Crippen MR) is 124 cm³/mol. The lowest BCUT2D eigenvalue weighted by Crippen LogP contribution is -2.66. The summed E-state index contributed by atoms with van der Waals surface area (Å²) in [5.41, 5.74) is 5.16. The van der Waals surface area contributed by atoms with E-state index in [1.165, 1.54) is 16.7 Å². The number of benzene rings is 2. The molecule has 2 aromatic carbocycles. The van der Waals surface area contributed by atoms with Crippen molar-refractivity contribution in [2.24, 2.45) is 5.41 Å². The number of ether oxygens (including phenoxy) is 2. The third kappa shape index (κ3) is 3.92. The molecule has 0 amide bonds. The molecule has 0 radical (unpaired) electrons. The molecule has 0 aliphatic carbocycles. The lowest BCUT2D eigenvalue weighted by molar-refractivity contribution is -0.127. The summed E-state index contributed by atoms with van der Waals surface area (Å²) >= 11 is 0. The minimum Gasteiger partial charge on any atom is -0.487 e. The molecule has 0 N–H and O–H groups in total. The number of aryl methyl sites for hydroxylation is 1. The summed E-state index contributed by atoms with van der Waals surface area (Å²) in [5.74, 6) is 1.90. The van der Waals surface area contributed by atoms with Crippen LogP contribution in [0.25, 0.3) is 0 Å². The molecule has 2 aliphatic heterocycles. The maximum Gasteiger partial charge on any atom is 0.130 e. The lowest BCUT2D eigenvalue weighted by atomic mass is 9.78. The minimum atomic E-state index is -0.0534. The van der Waals surface area contributed by atoms with E-state index in [4.69, 9.17) is 14.5 Å². The molecule has 0 bridgehead atoms. The second-order valence-electron chi connectivity index (χ2n) is 9.64. The van der Waals surface area contributed by atoms with Crippen LogP contribution in [0.15, 0.2) is 66.7 Å². The number of nitrogens with zero attached hydrogens (tertiary/aromatic N) is 2. The number of rotatable bonds is 6. The molecule has 5 rings (SSSR count). The average Bonchev–Trinajstić information content (AvgIpc) is 2.71. The van der Waals surface area contributed by atoms with Crippen molar-refractivity contribution in [1.29, 1.82) is 0 Å². The highest BCUT2D eigenvalue weighted by Crippen LogP contribution is 2.39. The summed E-state index contributed by atoms with van der Waals surface area (Å²) in [7, 11) is 0. The fraction of sp³-hybridized carbons (Fsp3) is 0.370. The van der Waals surface area contributed by atoms with Crippen LogP contribution in [0.2, 0.25) is 0 Å². The highest BCUT2D eigenvalue weighted by Gasteiger charge is 2.49. The molecule has 3 aromatic rings. The standard InChI is InChI=1S/C27H30N2O2/c1-20-7-9-21(10-8-20)26(2,3)22-11-13-24(14-12-22)31-15-23-5-4-6-25(28-23)29-16-27(17-29)18-30-19-27/h4-14H,15-19H2,1-3H3. The molecular formula is C27H30N2O2. The van der Waals surface area contributed by atoms with E-state index in [0.717, 1.165) is 43.6 Å². The second kappa shape index (κ2) is 7.69. The lowest BCUT2D eigenvalue weighted by Gasteiger charge is -2.55. The summed E-state index contributed by atoms with van der Waals surface area (Å²) in [6.45, 7) is 11.0. The van der Waals surface area contributed by atoms with Gasteiger partial charge in [0.1, 0.15) is 18.2 Å². The van der Waals surface area contributed by atoms with Crippen molar-refractivity contribution in [3.63, 3.8) is 0 Å². The van der Waals surface area contributed by atoms with Gasteiger partial charge in [0.05, 0.1) is 24.3 Å². The Kier molecular flexibility index (Phi) is 4.98. The zero-order chi connectivity index (χ0) is 21.5. The van der Waals surface area contributed by atoms with Crippen LogP contribution < -0.4 is 9.64 Å². The molecule has 0 unspecified atom stereocenters. The fourth-order valence-corrected chi connectivity index (χ4v) is 4.48. The Morgan fingerprint density at radius 1 is 0.935 bits per heavy atom. The highest BCUT2D eigenvalue weighted by atomic mass is 16.5. The Hall–Kier alpha value is -2.85. The van der Waals surface area contributed by atoms with Gasteiger partial charge in [0.2, 0.25) is 0 Å². The van der Waals surface area contributed by atoms with E-state index >= 15 is 0 Å². The molecule has 3 heterocycles. The first kappa shape index (κ1) is 20.1. The molecule has 2 fully saturated rings. The van der Waals surface area contributed by atoms with Crippen LogP contribution >= 0.6 is 0 Å². The third-order valence-corrected chi connectivity index (χ3v) is 6.72. The van der Waals surface area contributed by atoms with Gasteiger partial charge in [-0.3, -0.25) is 0 Å². The first-order valence-corrected chi connectivity index (χ1v) is 11.0. The Morgan fingerprint density at radius 3 is 2.19 bits per heavy atom. The van der Waals surface area contributed by atoms with Crippen molar-refractivity contribution >= 4 is 5.82 Å². The number of hydrogen-bond acceptors (Lipinski definition) is 4. The van der Waals surface area contributed by atoms with Crippen LogP contribution in [0, 0.1) is 12.3 Å². The normalized spacial score (nSPS) is 17.2. The van der Waals surface area contributed by atoms with E-state index in [1.807, 2.05) is 6.07 Å². The Labute approximate surface area is 184 Å². The van der Waals surface area contributed by atoms with Gasteiger partial charge in [0.15, 0.2) is 0 Å². The van der Waals surface area contributed by atoms with Gasteiger partial charge in [-0.1, -0.05) is 61.9 Å². The summed E-state index contributed by atoms with van der Waals surface area (Å²) in [6, 6.07) is 23.4. The van der Waals surface area contributed by atoms with E-state index in [1.54, 1.807) is 0 Å². The molecule has 2 aliphatic rings. The van der Waals surface area contributed by atoms with Gasteiger partial charge in [-0.15, -0.1) is 0 Å². The van der Waals surface area contributed by atoms with Gasteiger partial charge in [-0.25, -0.2) is 4.98 Å². The number of pyridine rings is 1. The van der Waals surface area contributed by atoms with Crippen molar-refractivity contribution in [2.45, 2.75) is 32.8 Å². The van der Waals surface area contributed by atoms with Crippen molar-refractivity contribution in [3.05, 3.63) is 89.1 Å². The topological polar surface area (TPSA) is 34.6 Å². The van der Waals surface area contributed by atoms with Crippen LogP contribution in [-0.2, 0) is 16.8 Å². The van der Waals surface area contributed by atoms with E-state index in [2.05, 4.69) is 86.3 Å². The number of hydrogen-bond donors (Lipinski definition) is 0. The zero-order valence-electron chi connectivity index (χ0n) is 18.6. The van der Waals surface area contributed by atoms with E-state index < -0.39 is 0 Å². The largest absolute Gasteiger partial charge is 0.487 e. The Bertz CT molecular complexity index is 1050. The smallest absolute Gasteiger partial charge is 0.130 e. The second-order valence-corrected chi connectivity index (χ2v) is 9.64. The monoisotopic (exact) mass is 414 g/mol. The fourth-order valence-electron chi connectivity index (χ4n) is 4.48. The Balaban J connectivity index is 1.21. The molecule has 1 spiro atoms. The van der Waals surface area contributed by atoms with Crippen molar-refractivity contribution < 1.29 is 9.47 Å². The molecule has 160 valence electrons. The van der Waals surface area contributed by atoms with Crippen LogP contribution in [0.4, 0.5) is 5.82 Å². The summed E-state index contributed by atoms with van der Waals surface area (Å²) in [4.78, 5) is 7.12. The zero-order valence-corrected chi connectivity index (χ0v) is 18.6. The molecule has 2 saturated heterocycles. The van der Waals surface area contributed by atoms with Crippen LogP contribution in [0.1, 0.15) is 36.2 Å². The molecule has 4 nitrogen and oxygen atoms in total. The molecule has 0 saturated carbocycles. The number of anilines is 1. The maximum absolute atomic E-state index is 6.04. The average molecular weight is 415 g/mol. The molecule has 4 heteroatoms. The summed E-state index contributed by atoms with van der Waals surface area (Å²) in [5, 5.41) is 0. The molecule has 31 heavy (non-hydrogen) atoms. The predicted octanol–water partition coefficient (Wildman–Crippen LogP) is 5.13. The van der Waals surface area contributed by atoms with Gasteiger partial charge >= 0.3 is 0 Å². The van der Waals surface area contributed by atoms with Gasteiger partial charge in [0, 0.05) is 18.5 Å². The van der Waals surface area contributed by atoms with Crippen LogP contribution in [0.3, 0.4) is 0 Å². The van der Waals surface area contributed by atoms with Gasteiger partial charge < -0.3 is 14.4 Å². The van der Waals surface area contributed by atoms with Crippen molar-refractivity contribution in [1.82, 2.24) is 4.98 Å². The van der Waals surface area contributed by atoms with Crippen molar-refractivity contribution in [2.75, 3.05) is 31.2 Å². The quantitative estimate of drug-likeness (QED) is 0.560. The van der Waals surface area contributed by atoms with E-state index in [-0.39, 0.29) is 5.41 Å².